The van der Waals surface area contributed by atoms with Crippen molar-refractivity contribution in [3.8, 4) is 22.3 Å². The van der Waals surface area contributed by atoms with Crippen molar-refractivity contribution in [2.24, 2.45) is 0 Å². The Morgan fingerprint density at radius 2 is 1.26 bits per heavy atom. The zero-order chi connectivity index (χ0) is 38.1. The summed E-state index contributed by atoms with van der Waals surface area (Å²) in [7, 11) is 0. The van der Waals surface area contributed by atoms with Gasteiger partial charge in [-0.25, -0.2) is 0 Å². The molecule has 2 unspecified atom stereocenters. The van der Waals surface area contributed by atoms with Gasteiger partial charge >= 0.3 is 0 Å². The third-order valence-corrected chi connectivity index (χ3v) is 12.1. The van der Waals surface area contributed by atoms with Crippen molar-refractivity contribution in [2.45, 2.75) is 44.7 Å². The van der Waals surface area contributed by atoms with E-state index in [9.17, 15) is 0 Å². The van der Waals surface area contributed by atoms with Crippen molar-refractivity contribution in [3.63, 3.8) is 0 Å². The van der Waals surface area contributed by atoms with Crippen LogP contribution >= 0.6 is 0 Å². The van der Waals surface area contributed by atoms with E-state index in [4.69, 9.17) is 0 Å². The molecular weight excluding hydrogens is 689 g/mol. The van der Waals surface area contributed by atoms with Crippen molar-refractivity contribution in [2.75, 3.05) is 10.6 Å². The van der Waals surface area contributed by atoms with E-state index < -0.39 is 0 Å². The molecule has 0 bridgehead atoms. The van der Waals surface area contributed by atoms with Crippen LogP contribution in [0.5, 0.6) is 0 Å². The zero-order valence-electron chi connectivity index (χ0n) is 32.4. The summed E-state index contributed by atoms with van der Waals surface area (Å²) in [5, 5.41) is 15.4. The molecule has 0 saturated heterocycles. The lowest BCUT2D eigenvalue weighted by molar-refractivity contribution is 0.749. The summed E-state index contributed by atoms with van der Waals surface area (Å²) >= 11 is 0. The predicted molar refractivity (Wildman–Crippen MR) is 246 cm³/mol. The van der Waals surface area contributed by atoms with Crippen LogP contribution in [0.15, 0.2) is 182 Å². The minimum absolute atomic E-state index is 0.184. The minimum atomic E-state index is 0.184. The molecule has 2 heteroatoms. The van der Waals surface area contributed by atoms with Gasteiger partial charge in [-0.3, -0.25) is 0 Å². The molecule has 0 spiro atoms. The Labute approximate surface area is 335 Å². The van der Waals surface area contributed by atoms with Gasteiger partial charge in [0, 0.05) is 6.04 Å². The van der Waals surface area contributed by atoms with Gasteiger partial charge in [0.25, 0.3) is 0 Å². The van der Waals surface area contributed by atoms with E-state index in [1.807, 2.05) is 0 Å². The highest BCUT2D eigenvalue weighted by molar-refractivity contribution is 6.20. The van der Waals surface area contributed by atoms with Gasteiger partial charge < -0.3 is 10.6 Å². The smallest absolute Gasteiger partial charge is 0.0580 e. The van der Waals surface area contributed by atoms with Crippen LogP contribution in [0.25, 0.3) is 66.2 Å². The van der Waals surface area contributed by atoms with E-state index in [1.54, 1.807) is 0 Å². The van der Waals surface area contributed by atoms with Gasteiger partial charge in [-0.15, -0.1) is 0 Å². The number of aryl methyl sites for hydroxylation is 1. The van der Waals surface area contributed by atoms with Gasteiger partial charge in [0.05, 0.1) is 17.4 Å². The molecule has 2 aliphatic rings. The summed E-state index contributed by atoms with van der Waals surface area (Å²) in [6, 6.07) is 59.1. The molecule has 2 aliphatic carbocycles. The Balaban J connectivity index is 1.07. The number of nitrogens with one attached hydrogen (secondary N) is 2. The second kappa shape index (κ2) is 15.1. The fourth-order valence-corrected chi connectivity index (χ4v) is 9.13. The average molecular weight is 735 g/mol. The highest BCUT2D eigenvalue weighted by Crippen LogP contribution is 2.46. The monoisotopic (exact) mass is 734 g/mol. The summed E-state index contributed by atoms with van der Waals surface area (Å²) in [5.74, 6) is 0. The number of allylic oxidation sites excluding steroid dienone is 3. The molecule has 2 nitrogen and oxygen atoms in total. The second-order valence-corrected chi connectivity index (χ2v) is 15.6. The molecule has 0 radical (unpaired) electrons. The molecule has 0 aliphatic heterocycles. The van der Waals surface area contributed by atoms with Crippen LogP contribution in [-0.2, 0) is 6.42 Å². The highest BCUT2D eigenvalue weighted by Gasteiger charge is 2.21. The third kappa shape index (κ3) is 6.72. The van der Waals surface area contributed by atoms with Gasteiger partial charge in [-0.05, 0) is 132 Å². The van der Waals surface area contributed by atoms with Crippen LogP contribution in [0, 0.1) is 0 Å². The number of benzene rings is 8. The number of anilines is 2. The first-order valence-electron chi connectivity index (χ1n) is 20.5. The fraction of sp³-hybridized carbons (Fsp3) is 0.127. The minimum Gasteiger partial charge on any atom is -0.377 e. The number of rotatable bonds is 9. The largest absolute Gasteiger partial charge is 0.377 e. The zero-order valence-corrected chi connectivity index (χ0v) is 32.4. The summed E-state index contributed by atoms with van der Waals surface area (Å²) in [5.41, 5.74) is 14.1. The summed E-state index contributed by atoms with van der Waals surface area (Å²) in [6.07, 6.45) is 15.2. The molecule has 0 saturated carbocycles. The maximum Gasteiger partial charge on any atom is 0.0580 e. The molecule has 0 heterocycles. The molecule has 0 aromatic heterocycles. The van der Waals surface area contributed by atoms with Gasteiger partial charge in [0.1, 0.15) is 0 Å². The highest BCUT2D eigenvalue weighted by atomic mass is 15.0. The standard InChI is InChI=1S/C55H46N2/c1-2-51(57-53-23-13-12-22-52(53)56-46-18-4-3-5-19-46)40-28-24-39(25-29-40)43-32-33-49-50(36-43)55(45-31-27-38-15-7-9-17-42(38)35-45)48-21-11-10-20-47(48)54(49)44-30-26-37-14-6-8-16-41(37)34-44/h3-18,20-26,28-30,32-36,46,51,56-57H,2,19,27,31H2,1H3. The van der Waals surface area contributed by atoms with Crippen molar-refractivity contribution in [1.82, 2.24) is 0 Å². The molecule has 2 atom stereocenters. The van der Waals surface area contributed by atoms with Crippen LogP contribution < -0.4 is 10.6 Å². The van der Waals surface area contributed by atoms with E-state index in [0.29, 0.717) is 6.04 Å². The second-order valence-electron chi connectivity index (χ2n) is 15.6. The van der Waals surface area contributed by atoms with Crippen molar-refractivity contribution < 1.29 is 0 Å². The summed E-state index contributed by atoms with van der Waals surface area (Å²) < 4.78 is 0. The Bertz CT molecular complexity index is 2870. The normalized spacial score (nSPS) is 15.4. The molecule has 0 amide bonds. The maximum absolute atomic E-state index is 3.88. The van der Waals surface area contributed by atoms with E-state index >= 15 is 0 Å². The van der Waals surface area contributed by atoms with Crippen molar-refractivity contribution in [1.29, 1.82) is 0 Å². The van der Waals surface area contributed by atoms with Gasteiger partial charge in [-0.2, -0.15) is 0 Å². The first-order chi connectivity index (χ1) is 28.2. The van der Waals surface area contributed by atoms with E-state index in [0.717, 1.165) is 37.1 Å². The number of hydrogen-bond donors (Lipinski definition) is 2. The van der Waals surface area contributed by atoms with Gasteiger partial charge in [0.2, 0.25) is 0 Å². The van der Waals surface area contributed by atoms with Crippen LogP contribution in [0.4, 0.5) is 11.4 Å². The summed E-state index contributed by atoms with van der Waals surface area (Å²) in [4.78, 5) is 0. The predicted octanol–water partition coefficient (Wildman–Crippen LogP) is 14.8. The third-order valence-electron chi connectivity index (χ3n) is 12.1. The van der Waals surface area contributed by atoms with Crippen LogP contribution in [0.3, 0.4) is 0 Å². The topological polar surface area (TPSA) is 24.1 Å². The SMILES string of the molecule is CCC(Nc1ccccc1NC1C=CC=CC1)c1ccc(-c2ccc3c(-c4ccc5ccccc5c4)c4ccccc4c(C4=Cc5ccccc5CC4)c3c2)cc1. The molecule has 8 aromatic rings. The van der Waals surface area contributed by atoms with Crippen molar-refractivity contribution >= 4 is 55.3 Å². The molecule has 10 rings (SSSR count). The Morgan fingerprint density at radius 1 is 0.561 bits per heavy atom. The number of hydrogen-bond acceptors (Lipinski definition) is 2. The Hall–Kier alpha value is -6.64. The lowest BCUT2D eigenvalue weighted by atomic mass is 9.81. The van der Waals surface area contributed by atoms with E-state index in [2.05, 4.69) is 206 Å². The first-order valence-corrected chi connectivity index (χ1v) is 20.5. The van der Waals surface area contributed by atoms with Crippen LogP contribution in [0.1, 0.15) is 54.5 Å². The summed E-state index contributed by atoms with van der Waals surface area (Å²) in [6.45, 7) is 2.26. The van der Waals surface area contributed by atoms with Crippen molar-refractivity contribution in [3.05, 3.63) is 204 Å². The van der Waals surface area contributed by atoms with E-state index in [1.165, 1.54) is 82.4 Å². The van der Waals surface area contributed by atoms with Gasteiger partial charge in [0.15, 0.2) is 0 Å². The molecule has 57 heavy (non-hydrogen) atoms. The fourth-order valence-electron chi connectivity index (χ4n) is 9.13. The lowest BCUT2D eigenvalue weighted by Gasteiger charge is -2.24. The number of para-hydroxylation sites is 2. The quantitative estimate of drug-likeness (QED) is 0.144. The lowest BCUT2D eigenvalue weighted by Crippen LogP contribution is -2.19. The first kappa shape index (κ1) is 34.8. The number of fused-ring (bicyclic) bond motifs is 4. The molecule has 276 valence electrons. The maximum atomic E-state index is 3.88. The van der Waals surface area contributed by atoms with Gasteiger partial charge in [-0.1, -0.05) is 171 Å². The Morgan fingerprint density at radius 3 is 2.09 bits per heavy atom. The van der Waals surface area contributed by atoms with Crippen LogP contribution in [0.2, 0.25) is 0 Å². The van der Waals surface area contributed by atoms with Crippen LogP contribution in [-0.4, -0.2) is 6.04 Å². The molecule has 0 fully saturated rings. The molecular formula is C55H46N2. The Kier molecular flexibility index (Phi) is 9.24. The molecule has 8 aromatic carbocycles. The average Bonchev–Trinajstić information content (AvgIpc) is 3.28. The van der Waals surface area contributed by atoms with E-state index in [-0.39, 0.29) is 6.04 Å². The molecule has 2 N–H and O–H groups in total.